The van der Waals surface area contributed by atoms with Crippen molar-refractivity contribution in [1.82, 2.24) is 0 Å². The summed E-state index contributed by atoms with van der Waals surface area (Å²) < 4.78 is 10.3. The second-order valence-corrected chi connectivity index (χ2v) is 5.77. The van der Waals surface area contributed by atoms with Crippen molar-refractivity contribution in [2.75, 3.05) is 12.4 Å². The van der Waals surface area contributed by atoms with Crippen molar-refractivity contribution in [3.8, 4) is 0 Å². The molecule has 4 nitrogen and oxygen atoms in total. The summed E-state index contributed by atoms with van der Waals surface area (Å²) in [6.45, 7) is -2.32. The Balaban J connectivity index is 3.66. The molecule has 0 atom stereocenters. The van der Waals surface area contributed by atoms with E-state index in [1.54, 1.807) is 13.0 Å². The van der Waals surface area contributed by atoms with Crippen LogP contribution in [-0.2, 0) is 4.57 Å². The smallest absolute Gasteiger partial charge is 0.384 e. The van der Waals surface area contributed by atoms with Crippen LogP contribution in [0.1, 0.15) is 6.92 Å². The van der Waals surface area contributed by atoms with Crippen molar-refractivity contribution in [2.24, 2.45) is 0 Å². The van der Waals surface area contributed by atoms with Gasteiger partial charge in [0.25, 0.3) is 0 Å². The predicted molar refractivity (Wildman–Crippen MR) is 45.3 cm³/mol. The Hall–Kier alpha value is 0.200. The molecule has 0 amide bonds. The topological polar surface area (TPSA) is 77.8 Å². The van der Waals surface area contributed by atoms with Gasteiger partial charge >= 0.3 is 6.80 Å². The third kappa shape index (κ3) is 8.10. The van der Waals surface area contributed by atoms with Crippen LogP contribution in [0.4, 0.5) is 0 Å². The maximum absolute atomic E-state index is 10.3. The first kappa shape index (κ1) is 11.2. The molecule has 0 fully saturated rings. The molecule has 0 aromatic rings. The van der Waals surface area contributed by atoms with Crippen molar-refractivity contribution in [1.29, 1.82) is 0 Å². The first-order chi connectivity index (χ1) is 4.95. The lowest BCUT2D eigenvalue weighted by Crippen LogP contribution is -1.84. The maximum atomic E-state index is 10.3. The second kappa shape index (κ2) is 4.95. The summed E-state index contributed by atoms with van der Waals surface area (Å²) in [5, 5.41) is 8.49. The van der Waals surface area contributed by atoms with E-state index < -0.39 is 6.80 Å². The second-order valence-electron chi connectivity index (χ2n) is 1.99. The highest BCUT2D eigenvalue weighted by molar-refractivity contribution is 8.54. The Kier molecular flexibility index (Phi) is 5.04. The van der Waals surface area contributed by atoms with E-state index in [1.807, 2.05) is 0 Å². The molecule has 0 bridgehead atoms. The molecule has 0 unspecified atom stereocenters. The molecule has 0 aliphatic rings. The lowest BCUT2D eigenvalue weighted by Gasteiger charge is -1.99. The first-order valence-corrected chi connectivity index (χ1v) is 6.12. The molecular weight excluding hydrogens is 187 g/mol. The molecule has 66 valence electrons. The van der Waals surface area contributed by atoms with Gasteiger partial charge in [0, 0.05) is 5.75 Å². The summed E-state index contributed by atoms with van der Waals surface area (Å²) >= 11 is 0.556. The molecule has 0 aromatic carbocycles. The summed E-state index contributed by atoms with van der Waals surface area (Å²) in [6, 6.07) is 0. The normalized spacial score (nSPS) is 13.6. The summed E-state index contributed by atoms with van der Waals surface area (Å²) in [5.41, 5.74) is 0.714. The van der Waals surface area contributed by atoms with Crippen molar-refractivity contribution >= 4 is 18.2 Å². The highest BCUT2D eigenvalue weighted by Gasteiger charge is 2.11. The van der Waals surface area contributed by atoms with Crippen molar-refractivity contribution in [3.63, 3.8) is 0 Å². The van der Waals surface area contributed by atoms with Crippen LogP contribution in [0.5, 0.6) is 0 Å². The molecule has 11 heavy (non-hydrogen) atoms. The van der Waals surface area contributed by atoms with Gasteiger partial charge in [-0.1, -0.05) is 11.6 Å². The van der Waals surface area contributed by atoms with E-state index >= 15 is 0 Å². The zero-order valence-corrected chi connectivity index (χ0v) is 7.81. The standard InChI is InChI=1S/C5H11O4PS/c1-5(4-6)2-3-11-10(7,8)9/h2,6H,3-4H2,1H3,(H2,7,8,9)/b5-2+. The number of hydrogen-bond donors (Lipinski definition) is 3. The fourth-order valence-electron chi connectivity index (χ4n) is 0.341. The van der Waals surface area contributed by atoms with Crippen LogP contribution in [-0.4, -0.2) is 27.3 Å². The average Bonchev–Trinajstić information content (AvgIpc) is 1.85. The third-order valence-electron chi connectivity index (χ3n) is 0.924. The first-order valence-electron chi connectivity index (χ1n) is 2.92. The largest absolute Gasteiger partial charge is 0.392 e. The molecule has 0 spiro atoms. The van der Waals surface area contributed by atoms with Crippen molar-refractivity contribution in [3.05, 3.63) is 11.6 Å². The number of rotatable bonds is 4. The van der Waals surface area contributed by atoms with E-state index in [1.165, 1.54) is 0 Å². The van der Waals surface area contributed by atoms with Gasteiger partial charge in [-0.3, -0.25) is 0 Å². The predicted octanol–water partition coefficient (Wildman–Crippen LogP) is 0.751. The van der Waals surface area contributed by atoms with E-state index in [9.17, 15) is 4.57 Å². The highest BCUT2D eigenvalue weighted by Crippen LogP contribution is 2.49. The Morgan fingerprint density at radius 2 is 2.18 bits per heavy atom. The summed E-state index contributed by atoms with van der Waals surface area (Å²) in [5.74, 6) is 0.233. The van der Waals surface area contributed by atoms with Crippen LogP contribution in [0, 0.1) is 0 Å². The maximum Gasteiger partial charge on any atom is 0.384 e. The highest BCUT2D eigenvalue weighted by atomic mass is 32.7. The van der Waals surface area contributed by atoms with Crippen LogP contribution in [0.15, 0.2) is 11.6 Å². The fraction of sp³-hybridized carbons (Fsp3) is 0.600. The zero-order valence-electron chi connectivity index (χ0n) is 6.10. The minimum atomic E-state index is -3.94. The van der Waals surface area contributed by atoms with Gasteiger partial charge in [-0.15, -0.1) is 0 Å². The van der Waals surface area contributed by atoms with E-state index in [0.717, 1.165) is 0 Å². The Morgan fingerprint density at radius 1 is 1.64 bits per heavy atom. The van der Waals surface area contributed by atoms with Crippen molar-refractivity contribution in [2.45, 2.75) is 6.92 Å². The van der Waals surface area contributed by atoms with E-state index in [0.29, 0.717) is 17.0 Å². The van der Waals surface area contributed by atoms with E-state index in [2.05, 4.69) is 0 Å². The molecule has 0 aromatic heterocycles. The summed E-state index contributed by atoms with van der Waals surface area (Å²) in [4.78, 5) is 16.8. The van der Waals surface area contributed by atoms with Gasteiger partial charge in [-0.25, -0.2) is 4.57 Å². The minimum absolute atomic E-state index is 0.0677. The Labute approximate surface area is 69.2 Å². The fourth-order valence-corrected chi connectivity index (χ4v) is 1.70. The molecule has 0 aliphatic heterocycles. The molecule has 0 saturated heterocycles. The van der Waals surface area contributed by atoms with E-state index in [4.69, 9.17) is 14.9 Å². The van der Waals surface area contributed by atoms with Crippen LogP contribution in [0.3, 0.4) is 0 Å². The van der Waals surface area contributed by atoms with Gasteiger partial charge in [0.1, 0.15) is 0 Å². The van der Waals surface area contributed by atoms with E-state index in [-0.39, 0.29) is 12.4 Å². The molecule has 0 saturated carbocycles. The number of aliphatic hydroxyl groups is 1. The van der Waals surface area contributed by atoms with Crippen LogP contribution >= 0.6 is 18.2 Å². The zero-order chi connectivity index (χ0) is 8.91. The molecule has 0 heterocycles. The van der Waals surface area contributed by atoms with Gasteiger partial charge in [-0.05, 0) is 18.3 Å². The van der Waals surface area contributed by atoms with Crippen LogP contribution in [0.2, 0.25) is 0 Å². The number of aliphatic hydroxyl groups excluding tert-OH is 1. The number of hydrogen-bond acceptors (Lipinski definition) is 3. The van der Waals surface area contributed by atoms with Crippen LogP contribution < -0.4 is 0 Å². The van der Waals surface area contributed by atoms with Crippen molar-refractivity contribution < 1.29 is 19.5 Å². The van der Waals surface area contributed by atoms with Gasteiger partial charge in [0.15, 0.2) is 0 Å². The van der Waals surface area contributed by atoms with Gasteiger partial charge in [-0.2, -0.15) is 0 Å². The molecule has 0 rings (SSSR count). The summed E-state index contributed by atoms with van der Waals surface area (Å²) in [6.07, 6.45) is 1.59. The minimum Gasteiger partial charge on any atom is -0.392 e. The Bertz CT molecular complexity index is 185. The lowest BCUT2D eigenvalue weighted by molar-refractivity contribution is 0.331. The molecular formula is C5H11O4PS. The molecule has 3 N–H and O–H groups in total. The van der Waals surface area contributed by atoms with Gasteiger partial charge in [0.2, 0.25) is 0 Å². The average molecular weight is 198 g/mol. The monoisotopic (exact) mass is 198 g/mol. The molecule has 6 heteroatoms. The SMILES string of the molecule is C/C(=C\CSP(=O)(O)O)CO. The van der Waals surface area contributed by atoms with Gasteiger partial charge in [0.05, 0.1) is 6.61 Å². The quantitative estimate of drug-likeness (QED) is 0.459. The lowest BCUT2D eigenvalue weighted by atomic mass is 10.3. The molecule has 0 aliphatic carbocycles. The summed E-state index contributed by atoms with van der Waals surface area (Å²) in [7, 11) is 0. The Morgan fingerprint density at radius 3 is 2.55 bits per heavy atom. The molecule has 0 radical (unpaired) electrons. The van der Waals surface area contributed by atoms with Crippen LogP contribution in [0.25, 0.3) is 0 Å². The third-order valence-corrected chi connectivity index (χ3v) is 3.03. The van der Waals surface area contributed by atoms with Gasteiger partial charge < -0.3 is 14.9 Å².